The quantitative estimate of drug-likeness (QED) is 0.668. The molecule has 2 aromatic rings. The lowest BCUT2D eigenvalue weighted by Gasteiger charge is -2.19. The van der Waals surface area contributed by atoms with Gasteiger partial charge in [-0.2, -0.15) is 0 Å². The first-order valence-electron chi connectivity index (χ1n) is 6.32. The molecule has 0 spiro atoms. The number of hydrogen-bond donors (Lipinski definition) is 0. The van der Waals surface area contributed by atoms with E-state index in [4.69, 9.17) is 0 Å². The van der Waals surface area contributed by atoms with Crippen LogP contribution in [-0.4, -0.2) is 16.6 Å². The summed E-state index contributed by atoms with van der Waals surface area (Å²) in [5.74, 6) is -0.167. The van der Waals surface area contributed by atoms with E-state index in [9.17, 15) is 9.59 Å². The zero-order chi connectivity index (χ0) is 13.6. The summed E-state index contributed by atoms with van der Waals surface area (Å²) in [6.07, 6.45) is 0.644. The molecule has 19 heavy (non-hydrogen) atoms. The third-order valence-electron chi connectivity index (χ3n) is 3.45. The first kappa shape index (κ1) is 11.8. The van der Waals surface area contributed by atoms with Crippen LogP contribution in [0.1, 0.15) is 50.2 Å². The van der Waals surface area contributed by atoms with Crippen LogP contribution in [0.15, 0.2) is 30.3 Å². The molecule has 0 atom stereocenters. The van der Waals surface area contributed by atoms with E-state index in [0.717, 1.165) is 5.69 Å². The van der Waals surface area contributed by atoms with Gasteiger partial charge in [-0.1, -0.05) is 31.2 Å². The van der Waals surface area contributed by atoms with Crippen molar-refractivity contribution in [1.29, 1.82) is 0 Å². The molecule has 1 heterocycles. The van der Waals surface area contributed by atoms with Gasteiger partial charge in [-0.3, -0.25) is 14.6 Å². The molecule has 3 heteroatoms. The Morgan fingerprint density at radius 3 is 2.26 bits per heavy atom. The normalized spacial score (nSPS) is 13.2. The molecule has 1 aromatic carbocycles. The number of pyridine rings is 1. The van der Waals surface area contributed by atoms with E-state index in [1.54, 1.807) is 30.3 Å². The fourth-order valence-electron chi connectivity index (χ4n) is 2.58. The number of carbonyl (C=O) groups is 2. The number of aromatic nitrogens is 1. The zero-order valence-corrected chi connectivity index (χ0v) is 10.9. The van der Waals surface area contributed by atoms with Crippen molar-refractivity contribution in [1.82, 2.24) is 4.98 Å². The Morgan fingerprint density at radius 1 is 1.00 bits per heavy atom. The molecule has 3 nitrogen and oxygen atoms in total. The molecule has 1 aliphatic carbocycles. The van der Waals surface area contributed by atoms with Crippen molar-refractivity contribution < 1.29 is 9.59 Å². The highest BCUT2D eigenvalue weighted by Gasteiger charge is 2.31. The van der Waals surface area contributed by atoms with Crippen LogP contribution in [0, 0.1) is 6.92 Å². The fraction of sp³-hybridized carbons (Fsp3) is 0.188. The van der Waals surface area contributed by atoms with Crippen LogP contribution in [0.2, 0.25) is 0 Å². The van der Waals surface area contributed by atoms with Crippen molar-refractivity contribution in [2.24, 2.45) is 0 Å². The highest BCUT2D eigenvalue weighted by molar-refractivity contribution is 6.28. The van der Waals surface area contributed by atoms with Crippen LogP contribution >= 0.6 is 0 Å². The summed E-state index contributed by atoms with van der Waals surface area (Å²) < 4.78 is 0. The van der Waals surface area contributed by atoms with Gasteiger partial charge in [-0.25, -0.2) is 0 Å². The smallest absolute Gasteiger partial charge is 0.196 e. The zero-order valence-electron chi connectivity index (χ0n) is 10.9. The van der Waals surface area contributed by atoms with Gasteiger partial charge in [0.2, 0.25) is 0 Å². The number of carbonyl (C=O) groups excluding carboxylic acids is 2. The van der Waals surface area contributed by atoms with Gasteiger partial charge in [-0.15, -0.1) is 0 Å². The van der Waals surface area contributed by atoms with Gasteiger partial charge < -0.3 is 0 Å². The second-order valence-corrected chi connectivity index (χ2v) is 4.69. The molecule has 0 bridgehead atoms. The van der Waals surface area contributed by atoms with E-state index in [1.807, 2.05) is 13.8 Å². The molecule has 1 aliphatic rings. The lowest BCUT2D eigenvalue weighted by atomic mass is 9.83. The summed E-state index contributed by atoms with van der Waals surface area (Å²) >= 11 is 0. The standard InChI is InChI=1S/C16H13NO2/c1-3-13-14-12(8-9(2)17-13)15(18)10-6-4-5-7-11(10)16(14)19/h4-8H,3H2,1-2H3. The Hall–Kier alpha value is -2.29. The maximum absolute atomic E-state index is 12.6. The maximum atomic E-state index is 12.6. The van der Waals surface area contributed by atoms with Crippen LogP contribution in [-0.2, 0) is 6.42 Å². The van der Waals surface area contributed by atoms with E-state index in [-0.39, 0.29) is 11.6 Å². The van der Waals surface area contributed by atoms with E-state index >= 15 is 0 Å². The lowest BCUT2D eigenvalue weighted by Crippen LogP contribution is -2.23. The molecule has 0 radical (unpaired) electrons. The predicted molar refractivity (Wildman–Crippen MR) is 71.7 cm³/mol. The van der Waals surface area contributed by atoms with Crippen molar-refractivity contribution in [3.05, 3.63) is 64.0 Å². The van der Waals surface area contributed by atoms with Gasteiger partial charge in [0.15, 0.2) is 11.6 Å². The number of rotatable bonds is 1. The first-order chi connectivity index (χ1) is 9.13. The predicted octanol–water partition coefficient (Wildman–Crippen LogP) is 2.73. The Labute approximate surface area is 111 Å². The molecular weight excluding hydrogens is 238 g/mol. The highest BCUT2D eigenvalue weighted by Crippen LogP contribution is 2.29. The van der Waals surface area contributed by atoms with Gasteiger partial charge in [-0.05, 0) is 19.4 Å². The molecule has 0 saturated carbocycles. The summed E-state index contributed by atoms with van der Waals surface area (Å²) in [5, 5.41) is 0. The molecule has 94 valence electrons. The van der Waals surface area contributed by atoms with E-state index in [2.05, 4.69) is 4.98 Å². The van der Waals surface area contributed by atoms with Crippen molar-refractivity contribution in [3.63, 3.8) is 0 Å². The number of nitrogens with zero attached hydrogens (tertiary/aromatic N) is 1. The first-order valence-corrected chi connectivity index (χ1v) is 6.32. The van der Waals surface area contributed by atoms with Gasteiger partial charge >= 0.3 is 0 Å². The van der Waals surface area contributed by atoms with Crippen LogP contribution in [0.5, 0.6) is 0 Å². The van der Waals surface area contributed by atoms with E-state index in [0.29, 0.717) is 34.4 Å². The summed E-state index contributed by atoms with van der Waals surface area (Å²) in [7, 11) is 0. The molecule has 0 amide bonds. The molecule has 0 unspecified atom stereocenters. The summed E-state index contributed by atoms with van der Waals surface area (Å²) in [6.45, 7) is 3.79. The minimum atomic E-state index is -0.0884. The summed E-state index contributed by atoms with van der Waals surface area (Å²) in [6, 6.07) is 8.69. The maximum Gasteiger partial charge on any atom is 0.196 e. The Balaban J connectivity index is 2.36. The third-order valence-corrected chi connectivity index (χ3v) is 3.45. The van der Waals surface area contributed by atoms with Crippen molar-refractivity contribution in [3.8, 4) is 0 Å². The number of hydrogen-bond acceptors (Lipinski definition) is 3. The van der Waals surface area contributed by atoms with Crippen LogP contribution < -0.4 is 0 Å². The summed E-state index contributed by atoms with van der Waals surface area (Å²) in [5.41, 5.74) is 3.44. The SMILES string of the molecule is CCc1nc(C)cc2c1C(=O)c1ccccc1C2=O. The molecule has 0 aliphatic heterocycles. The molecule has 0 saturated heterocycles. The highest BCUT2D eigenvalue weighted by atomic mass is 16.1. The second kappa shape index (κ2) is 4.12. The van der Waals surface area contributed by atoms with Crippen molar-refractivity contribution in [2.45, 2.75) is 20.3 Å². The van der Waals surface area contributed by atoms with Crippen LogP contribution in [0.3, 0.4) is 0 Å². The topological polar surface area (TPSA) is 47.0 Å². The minimum absolute atomic E-state index is 0.0783. The summed E-state index contributed by atoms with van der Waals surface area (Å²) in [4.78, 5) is 29.4. The largest absolute Gasteiger partial charge is 0.289 e. The monoisotopic (exact) mass is 251 g/mol. The number of aryl methyl sites for hydroxylation is 2. The van der Waals surface area contributed by atoms with Crippen LogP contribution in [0.4, 0.5) is 0 Å². The van der Waals surface area contributed by atoms with E-state index in [1.165, 1.54) is 0 Å². The fourth-order valence-corrected chi connectivity index (χ4v) is 2.58. The molecular formula is C16H13NO2. The molecule has 0 N–H and O–H groups in total. The van der Waals surface area contributed by atoms with Crippen molar-refractivity contribution in [2.75, 3.05) is 0 Å². The Kier molecular flexibility index (Phi) is 2.56. The Morgan fingerprint density at radius 2 is 1.63 bits per heavy atom. The molecule has 3 rings (SSSR count). The number of ketones is 2. The van der Waals surface area contributed by atoms with Gasteiger partial charge in [0.05, 0.1) is 11.3 Å². The minimum Gasteiger partial charge on any atom is -0.289 e. The Bertz CT molecular complexity index is 717. The third kappa shape index (κ3) is 1.62. The van der Waals surface area contributed by atoms with E-state index < -0.39 is 0 Å². The average molecular weight is 251 g/mol. The average Bonchev–Trinajstić information content (AvgIpc) is 2.43. The molecule has 0 fully saturated rings. The van der Waals surface area contributed by atoms with Gasteiger partial charge in [0.1, 0.15) is 0 Å². The molecule has 1 aromatic heterocycles. The number of fused-ring (bicyclic) bond motifs is 2. The van der Waals surface area contributed by atoms with Crippen molar-refractivity contribution >= 4 is 11.6 Å². The van der Waals surface area contributed by atoms with Crippen LogP contribution in [0.25, 0.3) is 0 Å². The lowest BCUT2D eigenvalue weighted by molar-refractivity contribution is 0.0977. The number of benzene rings is 1. The van der Waals surface area contributed by atoms with Gasteiger partial charge in [0.25, 0.3) is 0 Å². The second-order valence-electron chi connectivity index (χ2n) is 4.69. The van der Waals surface area contributed by atoms with Gasteiger partial charge in [0, 0.05) is 22.4 Å².